The summed E-state index contributed by atoms with van der Waals surface area (Å²) in [5.41, 5.74) is 6.45. The second kappa shape index (κ2) is 6.45. The zero-order valence-electron chi connectivity index (χ0n) is 9.70. The van der Waals surface area contributed by atoms with Gasteiger partial charge in [-0.1, -0.05) is 12.1 Å². The lowest BCUT2D eigenvalue weighted by atomic mass is 10.0. The van der Waals surface area contributed by atoms with E-state index < -0.39 is 0 Å². The van der Waals surface area contributed by atoms with Crippen molar-refractivity contribution in [2.75, 3.05) is 20.8 Å². The predicted molar refractivity (Wildman–Crippen MR) is 61.1 cm³/mol. The van der Waals surface area contributed by atoms with Crippen LogP contribution in [0.2, 0.25) is 0 Å². The summed E-state index contributed by atoms with van der Waals surface area (Å²) in [6.45, 7) is 0.590. The molecule has 0 amide bonds. The normalized spacial score (nSPS) is 12.5. The fourth-order valence-electron chi connectivity index (χ4n) is 1.53. The van der Waals surface area contributed by atoms with Crippen LogP contribution < -0.4 is 10.5 Å². The summed E-state index contributed by atoms with van der Waals surface area (Å²) in [6.07, 6.45) is 1.21. The molecule has 0 saturated carbocycles. The lowest BCUT2D eigenvalue weighted by Crippen LogP contribution is -2.25. The SMILES string of the molecule is COCCC(N)Cc1cccc(OC)c1F. The maximum absolute atomic E-state index is 13.7. The third-order valence-corrected chi connectivity index (χ3v) is 2.44. The van der Waals surface area contributed by atoms with E-state index in [-0.39, 0.29) is 17.6 Å². The molecule has 0 aliphatic rings. The first kappa shape index (κ1) is 12.9. The van der Waals surface area contributed by atoms with E-state index in [1.54, 1.807) is 25.3 Å². The highest BCUT2D eigenvalue weighted by Gasteiger charge is 2.11. The van der Waals surface area contributed by atoms with Crippen molar-refractivity contribution in [1.29, 1.82) is 0 Å². The topological polar surface area (TPSA) is 44.5 Å². The molecule has 0 fully saturated rings. The third kappa shape index (κ3) is 3.47. The Hall–Kier alpha value is -1.13. The summed E-state index contributed by atoms with van der Waals surface area (Å²) in [4.78, 5) is 0. The van der Waals surface area contributed by atoms with Crippen molar-refractivity contribution in [2.24, 2.45) is 5.73 Å². The van der Waals surface area contributed by atoms with E-state index in [9.17, 15) is 4.39 Å². The van der Waals surface area contributed by atoms with Gasteiger partial charge in [0.15, 0.2) is 11.6 Å². The number of methoxy groups -OCH3 is 2. The van der Waals surface area contributed by atoms with Crippen molar-refractivity contribution in [2.45, 2.75) is 18.9 Å². The van der Waals surface area contributed by atoms with Gasteiger partial charge in [0.1, 0.15) is 0 Å². The van der Waals surface area contributed by atoms with Gasteiger partial charge in [0.25, 0.3) is 0 Å². The fourth-order valence-corrected chi connectivity index (χ4v) is 1.53. The number of halogens is 1. The lowest BCUT2D eigenvalue weighted by Gasteiger charge is -2.12. The fraction of sp³-hybridized carbons (Fsp3) is 0.500. The molecule has 2 N–H and O–H groups in total. The Balaban J connectivity index is 2.66. The molecule has 3 nitrogen and oxygen atoms in total. The van der Waals surface area contributed by atoms with Gasteiger partial charge in [-0.3, -0.25) is 0 Å². The van der Waals surface area contributed by atoms with Crippen LogP contribution in [-0.2, 0) is 11.2 Å². The van der Waals surface area contributed by atoms with Crippen molar-refractivity contribution in [3.8, 4) is 5.75 Å². The summed E-state index contributed by atoms with van der Waals surface area (Å²) in [6, 6.07) is 4.99. The van der Waals surface area contributed by atoms with E-state index in [0.717, 1.165) is 0 Å². The molecule has 16 heavy (non-hydrogen) atoms. The summed E-state index contributed by atoms with van der Waals surface area (Å²) in [7, 11) is 3.08. The van der Waals surface area contributed by atoms with Gasteiger partial charge in [-0.25, -0.2) is 4.39 Å². The summed E-state index contributed by atoms with van der Waals surface area (Å²) < 4.78 is 23.6. The van der Waals surface area contributed by atoms with Crippen LogP contribution in [0, 0.1) is 5.82 Å². The molecule has 90 valence electrons. The molecule has 1 aromatic rings. The van der Waals surface area contributed by atoms with Gasteiger partial charge in [-0.15, -0.1) is 0 Å². The molecular weight excluding hydrogens is 209 g/mol. The van der Waals surface area contributed by atoms with Crippen LogP contribution in [0.5, 0.6) is 5.75 Å². The minimum absolute atomic E-state index is 0.0958. The molecule has 0 heterocycles. The van der Waals surface area contributed by atoms with Crippen LogP contribution in [0.4, 0.5) is 4.39 Å². The molecule has 4 heteroatoms. The number of rotatable bonds is 6. The van der Waals surface area contributed by atoms with Crippen LogP contribution in [0.3, 0.4) is 0 Å². The highest BCUT2D eigenvalue weighted by Crippen LogP contribution is 2.21. The maximum Gasteiger partial charge on any atom is 0.168 e. The molecular formula is C12H18FNO2. The highest BCUT2D eigenvalue weighted by atomic mass is 19.1. The van der Waals surface area contributed by atoms with Crippen LogP contribution >= 0.6 is 0 Å². The summed E-state index contributed by atoms with van der Waals surface area (Å²) in [5, 5.41) is 0. The van der Waals surface area contributed by atoms with E-state index in [1.165, 1.54) is 7.11 Å². The van der Waals surface area contributed by atoms with Crippen molar-refractivity contribution in [3.05, 3.63) is 29.6 Å². The molecule has 1 unspecified atom stereocenters. The Morgan fingerprint density at radius 1 is 1.38 bits per heavy atom. The average molecular weight is 227 g/mol. The molecule has 1 aromatic carbocycles. The Labute approximate surface area is 95.4 Å². The smallest absolute Gasteiger partial charge is 0.168 e. The van der Waals surface area contributed by atoms with Crippen molar-refractivity contribution >= 4 is 0 Å². The van der Waals surface area contributed by atoms with Gasteiger partial charge in [0.2, 0.25) is 0 Å². The lowest BCUT2D eigenvalue weighted by molar-refractivity contribution is 0.187. The zero-order chi connectivity index (χ0) is 12.0. The molecule has 1 rings (SSSR count). The Morgan fingerprint density at radius 3 is 2.75 bits per heavy atom. The first-order chi connectivity index (χ1) is 7.69. The Morgan fingerprint density at radius 2 is 2.12 bits per heavy atom. The summed E-state index contributed by atoms with van der Waals surface area (Å²) in [5.74, 6) is -0.0608. The van der Waals surface area contributed by atoms with E-state index in [4.69, 9.17) is 15.2 Å². The van der Waals surface area contributed by atoms with Crippen LogP contribution in [0.1, 0.15) is 12.0 Å². The second-order valence-corrected chi connectivity index (χ2v) is 3.68. The molecule has 1 atom stereocenters. The minimum atomic E-state index is -0.321. The van der Waals surface area contributed by atoms with Crippen molar-refractivity contribution in [1.82, 2.24) is 0 Å². The molecule has 0 radical (unpaired) electrons. The molecule has 0 aliphatic carbocycles. The number of hydrogen-bond donors (Lipinski definition) is 1. The Bertz CT molecular complexity index is 331. The molecule has 0 saturated heterocycles. The third-order valence-electron chi connectivity index (χ3n) is 2.44. The largest absolute Gasteiger partial charge is 0.494 e. The van der Waals surface area contributed by atoms with Crippen LogP contribution in [-0.4, -0.2) is 26.9 Å². The monoisotopic (exact) mass is 227 g/mol. The average Bonchev–Trinajstić information content (AvgIpc) is 2.29. The van der Waals surface area contributed by atoms with Crippen molar-refractivity contribution < 1.29 is 13.9 Å². The van der Waals surface area contributed by atoms with Gasteiger partial charge in [0.05, 0.1) is 7.11 Å². The Kier molecular flexibility index (Phi) is 5.22. The van der Waals surface area contributed by atoms with E-state index in [0.29, 0.717) is 25.0 Å². The van der Waals surface area contributed by atoms with E-state index >= 15 is 0 Å². The minimum Gasteiger partial charge on any atom is -0.494 e. The molecule has 0 spiro atoms. The summed E-state index contributed by atoms with van der Waals surface area (Å²) >= 11 is 0. The van der Waals surface area contributed by atoms with Gasteiger partial charge >= 0.3 is 0 Å². The van der Waals surface area contributed by atoms with Gasteiger partial charge in [-0.05, 0) is 24.5 Å². The number of nitrogens with two attached hydrogens (primary N) is 1. The molecule has 0 aliphatic heterocycles. The highest BCUT2D eigenvalue weighted by molar-refractivity contribution is 5.31. The zero-order valence-corrected chi connectivity index (χ0v) is 9.70. The first-order valence-electron chi connectivity index (χ1n) is 5.25. The van der Waals surface area contributed by atoms with E-state index in [2.05, 4.69) is 0 Å². The number of ether oxygens (including phenoxy) is 2. The number of hydrogen-bond acceptors (Lipinski definition) is 3. The standard InChI is InChI=1S/C12H18FNO2/c1-15-7-6-10(14)8-9-4-3-5-11(16-2)12(9)13/h3-5,10H,6-8,14H2,1-2H3. The maximum atomic E-state index is 13.7. The predicted octanol–water partition coefficient (Wildman–Crippen LogP) is 1.74. The van der Waals surface area contributed by atoms with E-state index in [1.807, 2.05) is 0 Å². The van der Waals surface area contributed by atoms with Gasteiger partial charge in [0, 0.05) is 19.8 Å². The van der Waals surface area contributed by atoms with Crippen molar-refractivity contribution in [3.63, 3.8) is 0 Å². The number of benzene rings is 1. The van der Waals surface area contributed by atoms with Gasteiger partial charge in [-0.2, -0.15) is 0 Å². The van der Waals surface area contributed by atoms with Crippen LogP contribution in [0.15, 0.2) is 18.2 Å². The molecule has 0 aromatic heterocycles. The van der Waals surface area contributed by atoms with Crippen LogP contribution in [0.25, 0.3) is 0 Å². The molecule has 0 bridgehead atoms. The second-order valence-electron chi connectivity index (χ2n) is 3.68. The first-order valence-corrected chi connectivity index (χ1v) is 5.25. The van der Waals surface area contributed by atoms with Gasteiger partial charge < -0.3 is 15.2 Å². The quantitative estimate of drug-likeness (QED) is 0.805.